The maximum atomic E-state index is 14.6. The van der Waals surface area contributed by atoms with Crippen LogP contribution in [0.2, 0.25) is 0 Å². The summed E-state index contributed by atoms with van der Waals surface area (Å²) in [7, 11) is 0. The van der Waals surface area contributed by atoms with Crippen LogP contribution in [0.4, 0.5) is 28.2 Å². The normalized spacial score (nSPS) is 17.9. The number of anilines is 1. The zero-order chi connectivity index (χ0) is 23.4. The molecular weight excluding hydrogens is 448 g/mol. The number of nitrogens with one attached hydrogen (secondary N) is 1. The quantitative estimate of drug-likeness (QED) is 0.573. The van der Waals surface area contributed by atoms with Crippen molar-refractivity contribution in [2.24, 2.45) is 0 Å². The van der Waals surface area contributed by atoms with Crippen LogP contribution in [-0.4, -0.2) is 56.2 Å². The second-order valence-corrected chi connectivity index (χ2v) is 7.11. The molecule has 0 aliphatic carbocycles. The lowest BCUT2D eigenvalue weighted by atomic mass is 10.0. The van der Waals surface area contributed by atoms with Crippen LogP contribution < -0.4 is 10.1 Å². The second kappa shape index (κ2) is 9.30. The SMILES string of the molecule is O=C(OCc1ccc(OC(F)(F)F)cc1)N1CC/C(=C/Nc2nccn3cnnc23)[C@H](F)C1. The minimum Gasteiger partial charge on any atom is -0.445 e. The molecule has 0 radical (unpaired) electrons. The second-order valence-electron chi connectivity index (χ2n) is 7.11. The highest BCUT2D eigenvalue weighted by Gasteiger charge is 2.31. The van der Waals surface area contributed by atoms with E-state index >= 15 is 0 Å². The highest BCUT2D eigenvalue weighted by molar-refractivity contribution is 5.68. The Hall–Kier alpha value is -3.90. The van der Waals surface area contributed by atoms with Crippen LogP contribution >= 0.6 is 0 Å². The summed E-state index contributed by atoms with van der Waals surface area (Å²) in [6, 6.07) is 4.93. The summed E-state index contributed by atoms with van der Waals surface area (Å²) < 4.78 is 61.8. The first kappa shape index (κ1) is 22.3. The Morgan fingerprint density at radius 1 is 1.27 bits per heavy atom. The Morgan fingerprint density at radius 2 is 2.06 bits per heavy atom. The van der Waals surface area contributed by atoms with Gasteiger partial charge in [0.05, 0.1) is 6.54 Å². The number of ether oxygens (including phenoxy) is 2. The van der Waals surface area contributed by atoms with Crippen molar-refractivity contribution in [2.75, 3.05) is 18.4 Å². The minimum atomic E-state index is -4.78. The van der Waals surface area contributed by atoms with E-state index in [0.717, 1.165) is 12.1 Å². The third kappa shape index (κ3) is 5.67. The lowest BCUT2D eigenvalue weighted by Crippen LogP contribution is -2.42. The molecule has 4 rings (SSSR count). The van der Waals surface area contributed by atoms with Gasteiger partial charge >= 0.3 is 12.5 Å². The molecule has 9 nitrogen and oxygen atoms in total. The van der Waals surface area contributed by atoms with Crippen LogP contribution in [0.5, 0.6) is 5.75 Å². The summed E-state index contributed by atoms with van der Waals surface area (Å²) in [5.74, 6) is 0.0421. The van der Waals surface area contributed by atoms with Crippen LogP contribution in [0, 0.1) is 0 Å². The largest absolute Gasteiger partial charge is 0.573 e. The van der Waals surface area contributed by atoms with Crippen molar-refractivity contribution >= 4 is 17.6 Å². The number of rotatable bonds is 5. The first-order chi connectivity index (χ1) is 15.8. The van der Waals surface area contributed by atoms with E-state index in [-0.39, 0.29) is 31.9 Å². The Morgan fingerprint density at radius 3 is 2.79 bits per heavy atom. The molecule has 3 heterocycles. The molecule has 1 N–H and O–H groups in total. The number of likely N-dealkylation sites (tertiary alicyclic amines) is 1. The summed E-state index contributed by atoms with van der Waals surface area (Å²) >= 11 is 0. The molecule has 2 aromatic heterocycles. The Kier molecular flexibility index (Phi) is 6.29. The molecule has 0 saturated carbocycles. The molecule has 0 bridgehead atoms. The minimum absolute atomic E-state index is 0.170. The number of carbonyl (C=O) groups excluding carboxylic acids is 1. The van der Waals surface area contributed by atoms with E-state index in [1.807, 2.05) is 0 Å². The average molecular weight is 466 g/mol. The lowest BCUT2D eigenvalue weighted by Gasteiger charge is -2.30. The van der Waals surface area contributed by atoms with E-state index in [4.69, 9.17) is 4.74 Å². The number of halogens is 4. The molecule has 0 spiro atoms. The van der Waals surface area contributed by atoms with E-state index < -0.39 is 18.6 Å². The Balaban J connectivity index is 1.28. The van der Waals surface area contributed by atoms with E-state index in [1.54, 1.807) is 16.8 Å². The van der Waals surface area contributed by atoms with Crippen LogP contribution in [0.1, 0.15) is 12.0 Å². The number of amides is 1. The molecule has 1 saturated heterocycles. The van der Waals surface area contributed by atoms with E-state index in [0.29, 0.717) is 22.6 Å². The fraction of sp³-hybridized carbons (Fsp3) is 0.300. The van der Waals surface area contributed by atoms with Crippen LogP contribution in [0.15, 0.2) is 54.8 Å². The summed E-state index contributed by atoms with van der Waals surface area (Å²) in [6.07, 6.45) is -0.362. The van der Waals surface area contributed by atoms with Gasteiger partial charge in [0.2, 0.25) is 5.65 Å². The molecule has 33 heavy (non-hydrogen) atoms. The molecule has 1 aliphatic rings. The van der Waals surface area contributed by atoms with Gasteiger partial charge in [-0.15, -0.1) is 23.4 Å². The topological polar surface area (TPSA) is 93.9 Å². The number of fused-ring (bicyclic) bond motifs is 1. The van der Waals surface area contributed by atoms with Gasteiger partial charge < -0.3 is 19.7 Å². The number of hydrogen-bond acceptors (Lipinski definition) is 7. The maximum absolute atomic E-state index is 14.6. The monoisotopic (exact) mass is 466 g/mol. The smallest absolute Gasteiger partial charge is 0.445 e. The van der Waals surface area contributed by atoms with Gasteiger partial charge in [-0.2, -0.15) is 0 Å². The predicted octanol–water partition coefficient (Wildman–Crippen LogP) is 3.70. The lowest BCUT2D eigenvalue weighted by molar-refractivity contribution is -0.274. The zero-order valence-corrected chi connectivity index (χ0v) is 17.0. The summed E-state index contributed by atoms with van der Waals surface area (Å²) in [6.45, 7) is -0.113. The van der Waals surface area contributed by atoms with Gasteiger partial charge in [-0.1, -0.05) is 12.1 Å². The molecule has 1 aliphatic heterocycles. The fourth-order valence-corrected chi connectivity index (χ4v) is 3.20. The van der Waals surface area contributed by atoms with Crippen molar-refractivity contribution in [1.82, 2.24) is 24.5 Å². The number of benzene rings is 1. The highest BCUT2D eigenvalue weighted by atomic mass is 19.4. The molecule has 0 unspecified atom stereocenters. The number of aromatic nitrogens is 4. The first-order valence-electron chi connectivity index (χ1n) is 9.79. The summed E-state index contributed by atoms with van der Waals surface area (Å²) in [4.78, 5) is 17.7. The molecule has 1 amide bonds. The zero-order valence-electron chi connectivity index (χ0n) is 17.0. The third-order valence-corrected chi connectivity index (χ3v) is 4.84. The number of carbonyl (C=O) groups is 1. The van der Waals surface area contributed by atoms with Gasteiger partial charge in [0, 0.05) is 25.1 Å². The van der Waals surface area contributed by atoms with Crippen molar-refractivity contribution in [2.45, 2.75) is 25.6 Å². The van der Waals surface area contributed by atoms with Crippen molar-refractivity contribution in [1.29, 1.82) is 0 Å². The molecule has 1 fully saturated rings. The van der Waals surface area contributed by atoms with Gasteiger partial charge in [-0.05, 0) is 29.7 Å². The van der Waals surface area contributed by atoms with E-state index in [2.05, 4.69) is 25.2 Å². The molecule has 1 atom stereocenters. The standard InChI is InChI=1S/C20H18F4N6O3/c21-16-10-29(19(31)32-11-13-1-3-15(4-2-13)33-20(22,23)24)7-5-14(16)9-26-17-18-28-27-12-30(18)8-6-25-17/h1-4,6,8-9,12,16H,5,7,10-11H2,(H,25,26)/b14-9-/t16-/m1/s1. The molecule has 1 aromatic carbocycles. The number of nitrogens with zero attached hydrogens (tertiary/aromatic N) is 5. The van der Waals surface area contributed by atoms with Gasteiger partial charge in [0.1, 0.15) is 24.9 Å². The number of hydrogen-bond donors (Lipinski definition) is 1. The fourth-order valence-electron chi connectivity index (χ4n) is 3.20. The first-order valence-corrected chi connectivity index (χ1v) is 9.79. The number of alkyl halides is 4. The van der Waals surface area contributed by atoms with Gasteiger partial charge in [-0.3, -0.25) is 4.40 Å². The van der Waals surface area contributed by atoms with Crippen LogP contribution in [-0.2, 0) is 11.3 Å². The third-order valence-electron chi connectivity index (χ3n) is 4.84. The molecule has 13 heteroatoms. The van der Waals surface area contributed by atoms with E-state index in [1.165, 1.54) is 29.6 Å². The van der Waals surface area contributed by atoms with Gasteiger partial charge in [0.25, 0.3) is 0 Å². The van der Waals surface area contributed by atoms with Crippen molar-refractivity contribution in [3.8, 4) is 5.75 Å². The van der Waals surface area contributed by atoms with Crippen LogP contribution in [0.25, 0.3) is 5.65 Å². The van der Waals surface area contributed by atoms with Crippen molar-refractivity contribution < 1.29 is 31.8 Å². The van der Waals surface area contributed by atoms with Crippen molar-refractivity contribution in [3.05, 3.63) is 60.3 Å². The van der Waals surface area contributed by atoms with Crippen molar-refractivity contribution in [3.63, 3.8) is 0 Å². The summed E-state index contributed by atoms with van der Waals surface area (Å²) in [5, 5.41) is 10.7. The summed E-state index contributed by atoms with van der Waals surface area (Å²) in [5.41, 5.74) is 1.41. The average Bonchev–Trinajstić information content (AvgIpc) is 3.26. The predicted molar refractivity (Wildman–Crippen MR) is 107 cm³/mol. The maximum Gasteiger partial charge on any atom is 0.573 e. The number of piperidine rings is 1. The van der Waals surface area contributed by atoms with Crippen LogP contribution in [0.3, 0.4) is 0 Å². The van der Waals surface area contributed by atoms with Gasteiger partial charge in [0.15, 0.2) is 5.82 Å². The highest BCUT2D eigenvalue weighted by Crippen LogP contribution is 2.24. The molecular formula is C20H18F4N6O3. The molecule has 3 aromatic rings. The molecule has 174 valence electrons. The van der Waals surface area contributed by atoms with E-state index in [9.17, 15) is 22.4 Å². The van der Waals surface area contributed by atoms with Gasteiger partial charge in [-0.25, -0.2) is 14.2 Å². The Bertz CT molecular complexity index is 1150. The Labute approximate surface area is 184 Å².